The van der Waals surface area contributed by atoms with Gasteiger partial charge in [-0.3, -0.25) is 4.79 Å². The van der Waals surface area contributed by atoms with E-state index in [0.29, 0.717) is 5.92 Å². The van der Waals surface area contributed by atoms with Crippen LogP contribution >= 0.6 is 0 Å². The van der Waals surface area contributed by atoms with E-state index >= 15 is 0 Å². The van der Waals surface area contributed by atoms with Crippen LogP contribution in [0.4, 0.5) is 0 Å². The molecule has 0 radical (unpaired) electrons. The highest BCUT2D eigenvalue weighted by molar-refractivity contribution is 6.27. The highest BCUT2D eigenvalue weighted by Crippen LogP contribution is 2.43. The van der Waals surface area contributed by atoms with E-state index in [0.717, 1.165) is 28.8 Å². The fraction of sp³-hybridized carbons (Fsp3) is 0.0952. The Labute approximate surface area is 135 Å². The molecule has 0 saturated heterocycles. The van der Waals surface area contributed by atoms with Gasteiger partial charge in [0.1, 0.15) is 0 Å². The van der Waals surface area contributed by atoms with Crippen LogP contribution in [-0.4, -0.2) is 17.2 Å². The molecule has 1 aliphatic carbocycles. The van der Waals surface area contributed by atoms with Crippen molar-refractivity contribution in [2.45, 2.75) is 5.92 Å². The molecule has 2 aromatic carbocycles. The van der Waals surface area contributed by atoms with Crippen molar-refractivity contribution in [2.24, 2.45) is 0 Å². The van der Waals surface area contributed by atoms with E-state index in [-0.39, 0.29) is 5.78 Å². The molecule has 2 aliphatic heterocycles. The Morgan fingerprint density at radius 1 is 0.870 bits per heavy atom. The lowest BCUT2D eigenvalue weighted by Crippen LogP contribution is -2.18. The number of carbonyl (C=O) groups excluding carboxylic acids is 1. The first-order valence-corrected chi connectivity index (χ1v) is 7.93. The van der Waals surface area contributed by atoms with E-state index in [4.69, 9.17) is 0 Å². The van der Waals surface area contributed by atoms with E-state index in [1.807, 2.05) is 36.5 Å². The second-order valence-corrected chi connectivity index (χ2v) is 6.24. The van der Waals surface area contributed by atoms with Crippen molar-refractivity contribution in [3.63, 3.8) is 0 Å². The topological polar surface area (TPSA) is 20.3 Å². The maximum atomic E-state index is 12.6. The maximum absolute atomic E-state index is 12.6. The molecule has 1 unspecified atom stereocenters. The van der Waals surface area contributed by atoms with E-state index < -0.39 is 0 Å². The van der Waals surface area contributed by atoms with Gasteiger partial charge >= 0.3 is 0 Å². The number of rotatable bonds is 1. The van der Waals surface area contributed by atoms with Crippen molar-refractivity contribution < 1.29 is 4.79 Å². The molecule has 0 N–H and O–H groups in total. The van der Waals surface area contributed by atoms with Crippen LogP contribution in [0.5, 0.6) is 0 Å². The Morgan fingerprint density at radius 2 is 1.61 bits per heavy atom. The van der Waals surface area contributed by atoms with Crippen LogP contribution < -0.4 is 0 Å². The van der Waals surface area contributed by atoms with Gasteiger partial charge in [0, 0.05) is 35.5 Å². The molecule has 0 amide bonds. The molecule has 0 spiro atoms. The fourth-order valence-electron chi connectivity index (χ4n) is 3.75. The fourth-order valence-corrected chi connectivity index (χ4v) is 3.75. The largest absolute Gasteiger partial charge is 0.347 e. The smallest absolute Gasteiger partial charge is 0.195 e. The first-order valence-electron chi connectivity index (χ1n) is 7.93. The van der Waals surface area contributed by atoms with Crippen LogP contribution in [-0.2, 0) is 0 Å². The van der Waals surface area contributed by atoms with Crippen LogP contribution in [0.2, 0.25) is 0 Å². The molecule has 0 bridgehead atoms. The molecule has 0 fully saturated rings. The van der Waals surface area contributed by atoms with Gasteiger partial charge < -0.3 is 4.90 Å². The van der Waals surface area contributed by atoms with Crippen molar-refractivity contribution in [2.75, 3.05) is 6.54 Å². The molecule has 2 heteroatoms. The third kappa shape index (κ3) is 1.78. The van der Waals surface area contributed by atoms with Crippen molar-refractivity contribution in [1.29, 1.82) is 0 Å². The van der Waals surface area contributed by atoms with E-state index in [1.165, 1.54) is 11.3 Å². The Balaban J connectivity index is 1.60. The van der Waals surface area contributed by atoms with Crippen LogP contribution in [0.25, 0.3) is 5.57 Å². The molecule has 0 saturated carbocycles. The molecule has 2 nitrogen and oxygen atoms in total. The second kappa shape index (κ2) is 4.56. The Kier molecular flexibility index (Phi) is 2.51. The van der Waals surface area contributed by atoms with Crippen LogP contribution in [0.15, 0.2) is 84.2 Å². The number of benzene rings is 2. The average molecular weight is 297 g/mol. The lowest BCUT2D eigenvalue weighted by atomic mass is 10.00. The monoisotopic (exact) mass is 297 g/mol. The van der Waals surface area contributed by atoms with Crippen molar-refractivity contribution >= 4 is 11.4 Å². The molecule has 2 aromatic rings. The van der Waals surface area contributed by atoms with E-state index in [9.17, 15) is 4.79 Å². The van der Waals surface area contributed by atoms with Crippen molar-refractivity contribution in [3.05, 3.63) is 101 Å². The minimum Gasteiger partial charge on any atom is -0.347 e. The molecular formula is C21H15NO. The summed E-state index contributed by atoms with van der Waals surface area (Å²) in [4.78, 5) is 14.8. The molecule has 2 heterocycles. The highest BCUT2D eigenvalue weighted by Gasteiger charge is 2.35. The number of allylic oxidation sites excluding steroid dienone is 3. The van der Waals surface area contributed by atoms with E-state index in [1.54, 1.807) is 0 Å². The maximum Gasteiger partial charge on any atom is 0.195 e. The number of hydrogen-bond donors (Lipinski definition) is 0. The Hall–Kier alpha value is -2.87. The summed E-state index contributed by atoms with van der Waals surface area (Å²) in [6.07, 6.45) is 6.51. The molecular weight excluding hydrogens is 282 g/mol. The first-order chi connectivity index (χ1) is 11.3. The average Bonchev–Trinajstić information content (AvgIpc) is 3.14. The van der Waals surface area contributed by atoms with Gasteiger partial charge in [-0.15, -0.1) is 0 Å². The normalized spacial score (nSPS) is 21.2. The number of nitrogens with zero attached hydrogens (tertiary/aromatic N) is 1. The van der Waals surface area contributed by atoms with Crippen molar-refractivity contribution in [3.8, 4) is 0 Å². The zero-order chi connectivity index (χ0) is 15.4. The third-order valence-electron chi connectivity index (χ3n) is 4.90. The zero-order valence-electron chi connectivity index (χ0n) is 12.6. The Morgan fingerprint density at radius 3 is 2.43 bits per heavy atom. The van der Waals surface area contributed by atoms with Gasteiger partial charge in [-0.2, -0.15) is 0 Å². The van der Waals surface area contributed by atoms with Crippen molar-refractivity contribution in [1.82, 2.24) is 4.90 Å². The Bertz CT molecular complexity index is 918. The predicted octanol–water partition coefficient (Wildman–Crippen LogP) is 4.15. The van der Waals surface area contributed by atoms with Gasteiger partial charge in [-0.25, -0.2) is 0 Å². The molecule has 0 aromatic heterocycles. The summed E-state index contributed by atoms with van der Waals surface area (Å²) in [7, 11) is 0. The standard InChI is InChI=1S/C21H15NO/c23-21-18-9-5-4-8-17(18)19-11-16-10-15(12-22(16)13-20(19)21)14-6-2-1-3-7-14/h1-11,13,15H,12H2. The van der Waals surface area contributed by atoms with Gasteiger partial charge in [0.2, 0.25) is 0 Å². The van der Waals surface area contributed by atoms with E-state index in [2.05, 4.69) is 41.3 Å². The number of fused-ring (bicyclic) bond motifs is 4. The van der Waals surface area contributed by atoms with Gasteiger partial charge in [-0.1, -0.05) is 60.7 Å². The minimum atomic E-state index is 0.147. The molecule has 5 rings (SSSR count). The first kappa shape index (κ1) is 12.7. The van der Waals surface area contributed by atoms with Gasteiger partial charge in [-0.05, 0) is 22.8 Å². The SMILES string of the molecule is O=C1C2=CN3CC(c4ccccc4)C=C3C=C2c2ccccc21. The minimum absolute atomic E-state index is 0.147. The zero-order valence-corrected chi connectivity index (χ0v) is 12.6. The lowest BCUT2D eigenvalue weighted by Gasteiger charge is -2.22. The summed E-state index contributed by atoms with van der Waals surface area (Å²) in [6, 6.07) is 18.4. The summed E-state index contributed by atoms with van der Waals surface area (Å²) in [5.74, 6) is 0.526. The molecule has 110 valence electrons. The quantitative estimate of drug-likeness (QED) is 0.788. The van der Waals surface area contributed by atoms with Gasteiger partial charge in [0.25, 0.3) is 0 Å². The summed E-state index contributed by atoms with van der Waals surface area (Å²) < 4.78 is 0. The number of Topliss-reactive ketones (excluding diaryl/α,β-unsaturated/α-hetero) is 1. The van der Waals surface area contributed by atoms with Crippen LogP contribution in [0, 0.1) is 0 Å². The number of hydrogen-bond acceptors (Lipinski definition) is 2. The molecule has 23 heavy (non-hydrogen) atoms. The second-order valence-electron chi connectivity index (χ2n) is 6.24. The summed E-state index contributed by atoms with van der Waals surface area (Å²) >= 11 is 0. The summed E-state index contributed by atoms with van der Waals surface area (Å²) in [5.41, 5.74) is 6.31. The van der Waals surface area contributed by atoms with Gasteiger partial charge in [0.15, 0.2) is 5.78 Å². The molecule has 3 aliphatic rings. The lowest BCUT2D eigenvalue weighted by molar-refractivity contribution is 0.104. The summed E-state index contributed by atoms with van der Waals surface area (Å²) in [6.45, 7) is 0.899. The number of ketones is 1. The van der Waals surface area contributed by atoms with Gasteiger partial charge in [0.05, 0.1) is 0 Å². The summed E-state index contributed by atoms with van der Waals surface area (Å²) in [5, 5.41) is 0. The third-order valence-corrected chi connectivity index (χ3v) is 4.90. The van der Waals surface area contributed by atoms with Crippen LogP contribution in [0.3, 0.4) is 0 Å². The van der Waals surface area contributed by atoms with Crippen LogP contribution in [0.1, 0.15) is 27.4 Å². The highest BCUT2D eigenvalue weighted by atomic mass is 16.1. The molecule has 1 atom stereocenters. The number of carbonyl (C=O) groups is 1. The predicted molar refractivity (Wildman–Crippen MR) is 90.8 cm³/mol.